The number of ether oxygens (including phenoxy) is 1. The number of allylic oxidation sites excluding steroid dienone is 1. The van der Waals surface area contributed by atoms with Gasteiger partial charge in [-0.25, -0.2) is 0 Å². The van der Waals surface area contributed by atoms with Crippen LogP contribution in [-0.2, 0) is 9.53 Å². The minimum absolute atomic E-state index is 0.0765. The molecule has 0 saturated carbocycles. The number of cyclic esters (lactones) is 1. The quantitative estimate of drug-likeness (QED) is 0.778. The Morgan fingerprint density at radius 2 is 1.57 bits per heavy atom. The molecule has 0 unspecified atom stereocenters. The Kier molecular flexibility index (Phi) is 3.87. The third-order valence-corrected chi connectivity index (χ3v) is 3.96. The first kappa shape index (κ1) is 13.6. The Morgan fingerprint density at radius 3 is 2.19 bits per heavy atom. The second-order valence-electron chi connectivity index (χ2n) is 5.27. The van der Waals surface area contributed by atoms with Crippen molar-refractivity contribution in [1.29, 1.82) is 0 Å². The van der Waals surface area contributed by atoms with Crippen LogP contribution in [0.3, 0.4) is 0 Å². The van der Waals surface area contributed by atoms with Crippen LogP contribution >= 0.6 is 0 Å². The summed E-state index contributed by atoms with van der Waals surface area (Å²) in [5, 5.41) is 0. The van der Waals surface area contributed by atoms with Crippen molar-refractivity contribution in [2.45, 2.75) is 19.3 Å². The molecule has 106 valence electrons. The summed E-state index contributed by atoms with van der Waals surface area (Å²) in [6, 6.07) is 20.0. The lowest BCUT2D eigenvalue weighted by molar-refractivity contribution is -0.142. The molecule has 0 radical (unpaired) electrons. The van der Waals surface area contributed by atoms with E-state index in [0.717, 1.165) is 17.5 Å². The first-order chi connectivity index (χ1) is 10.3. The zero-order valence-electron chi connectivity index (χ0n) is 12.0. The van der Waals surface area contributed by atoms with E-state index in [9.17, 15) is 4.79 Å². The topological polar surface area (TPSA) is 26.3 Å². The van der Waals surface area contributed by atoms with Gasteiger partial charge in [0.15, 0.2) is 0 Å². The van der Waals surface area contributed by atoms with Crippen molar-refractivity contribution in [2.75, 3.05) is 0 Å². The fourth-order valence-corrected chi connectivity index (χ4v) is 2.83. The van der Waals surface area contributed by atoms with Gasteiger partial charge in [0, 0.05) is 11.5 Å². The molecule has 2 nitrogen and oxygen atoms in total. The van der Waals surface area contributed by atoms with Gasteiger partial charge in [-0.1, -0.05) is 67.6 Å². The molecule has 0 amide bonds. The van der Waals surface area contributed by atoms with Crippen LogP contribution in [0.25, 0.3) is 5.76 Å². The van der Waals surface area contributed by atoms with Crippen LogP contribution < -0.4 is 0 Å². The van der Waals surface area contributed by atoms with Crippen LogP contribution in [0.5, 0.6) is 0 Å². The van der Waals surface area contributed by atoms with Gasteiger partial charge >= 0.3 is 5.97 Å². The Balaban J connectivity index is 2.03. The van der Waals surface area contributed by atoms with Crippen molar-refractivity contribution >= 4 is 11.7 Å². The van der Waals surface area contributed by atoms with Gasteiger partial charge in [0.1, 0.15) is 5.76 Å². The molecule has 3 rings (SSSR count). The largest absolute Gasteiger partial charge is 0.426 e. The van der Waals surface area contributed by atoms with E-state index in [1.165, 1.54) is 0 Å². The molecule has 0 bridgehead atoms. The van der Waals surface area contributed by atoms with Crippen molar-refractivity contribution in [1.82, 2.24) is 0 Å². The monoisotopic (exact) mass is 278 g/mol. The molecule has 0 saturated heterocycles. The number of benzene rings is 2. The summed E-state index contributed by atoms with van der Waals surface area (Å²) in [5.74, 6) is 0.499. The van der Waals surface area contributed by atoms with Gasteiger partial charge < -0.3 is 4.74 Å². The molecule has 1 heterocycles. The maximum atomic E-state index is 12.3. The fourth-order valence-electron chi connectivity index (χ4n) is 2.83. The third kappa shape index (κ3) is 2.75. The maximum absolute atomic E-state index is 12.3. The molecule has 2 aromatic carbocycles. The minimum atomic E-state index is -0.132. The second-order valence-corrected chi connectivity index (χ2v) is 5.27. The summed E-state index contributed by atoms with van der Waals surface area (Å²) >= 11 is 0. The zero-order chi connectivity index (χ0) is 14.7. The van der Waals surface area contributed by atoms with Gasteiger partial charge in [0.25, 0.3) is 0 Å². The maximum Gasteiger partial charge on any atom is 0.315 e. The van der Waals surface area contributed by atoms with E-state index in [-0.39, 0.29) is 17.8 Å². The van der Waals surface area contributed by atoms with E-state index in [0.29, 0.717) is 5.76 Å². The van der Waals surface area contributed by atoms with Crippen molar-refractivity contribution < 1.29 is 9.53 Å². The van der Waals surface area contributed by atoms with Crippen LogP contribution in [0.15, 0.2) is 66.7 Å². The van der Waals surface area contributed by atoms with Crippen LogP contribution in [0.2, 0.25) is 0 Å². The Morgan fingerprint density at radius 1 is 0.952 bits per heavy atom. The van der Waals surface area contributed by atoms with Crippen LogP contribution in [-0.4, -0.2) is 5.97 Å². The average Bonchev–Trinajstić information content (AvgIpc) is 2.55. The number of rotatable bonds is 3. The average molecular weight is 278 g/mol. The molecular weight excluding hydrogens is 260 g/mol. The molecule has 1 aliphatic heterocycles. The van der Waals surface area contributed by atoms with Gasteiger partial charge in [-0.15, -0.1) is 0 Å². The fraction of sp³-hybridized carbons (Fsp3) is 0.211. The first-order valence-electron chi connectivity index (χ1n) is 7.33. The molecular formula is C19H18O2. The molecule has 2 heteroatoms. The number of hydrogen-bond acceptors (Lipinski definition) is 2. The lowest BCUT2D eigenvalue weighted by Gasteiger charge is -2.28. The highest BCUT2D eigenvalue weighted by molar-refractivity contribution is 5.84. The highest BCUT2D eigenvalue weighted by Crippen LogP contribution is 2.37. The lowest BCUT2D eigenvalue weighted by Crippen LogP contribution is -2.27. The molecule has 21 heavy (non-hydrogen) atoms. The van der Waals surface area contributed by atoms with E-state index in [2.05, 4.69) is 18.2 Å². The predicted octanol–water partition coefficient (Wildman–Crippen LogP) is 4.39. The molecule has 0 fully saturated rings. The van der Waals surface area contributed by atoms with Crippen LogP contribution in [0, 0.1) is 5.92 Å². The van der Waals surface area contributed by atoms with Crippen molar-refractivity contribution in [3.8, 4) is 0 Å². The molecule has 2 atom stereocenters. The van der Waals surface area contributed by atoms with Crippen molar-refractivity contribution in [3.63, 3.8) is 0 Å². The SMILES string of the molecule is CC[C@H]1C(=O)OC(c2ccccc2)=C[C@@H]1c1ccccc1. The van der Waals surface area contributed by atoms with E-state index in [4.69, 9.17) is 4.74 Å². The third-order valence-electron chi connectivity index (χ3n) is 3.96. The normalized spacial score (nSPS) is 21.6. The van der Waals surface area contributed by atoms with Crippen LogP contribution in [0.4, 0.5) is 0 Å². The van der Waals surface area contributed by atoms with Gasteiger partial charge in [-0.05, 0) is 18.1 Å². The summed E-state index contributed by atoms with van der Waals surface area (Å²) in [5.41, 5.74) is 2.11. The Bertz CT molecular complexity index is 644. The van der Waals surface area contributed by atoms with Crippen LogP contribution in [0.1, 0.15) is 30.4 Å². The first-order valence-corrected chi connectivity index (χ1v) is 7.33. The molecule has 1 aliphatic rings. The van der Waals surface area contributed by atoms with Crippen molar-refractivity contribution in [2.24, 2.45) is 5.92 Å². The molecule has 0 aromatic heterocycles. The highest BCUT2D eigenvalue weighted by atomic mass is 16.5. The van der Waals surface area contributed by atoms with Crippen molar-refractivity contribution in [3.05, 3.63) is 77.9 Å². The number of esters is 1. The second kappa shape index (κ2) is 5.96. The van der Waals surface area contributed by atoms with E-state index >= 15 is 0 Å². The summed E-state index contributed by atoms with van der Waals surface area (Å²) in [4.78, 5) is 12.3. The number of carbonyl (C=O) groups excluding carboxylic acids is 1. The molecule has 2 aromatic rings. The van der Waals surface area contributed by atoms with Gasteiger partial charge in [0.05, 0.1) is 5.92 Å². The van der Waals surface area contributed by atoms with Gasteiger partial charge in [-0.3, -0.25) is 4.79 Å². The highest BCUT2D eigenvalue weighted by Gasteiger charge is 2.33. The summed E-state index contributed by atoms with van der Waals surface area (Å²) in [6.45, 7) is 2.03. The number of hydrogen-bond donors (Lipinski definition) is 0. The Labute approximate surface area is 125 Å². The smallest absolute Gasteiger partial charge is 0.315 e. The number of carbonyl (C=O) groups is 1. The summed E-state index contributed by atoms with van der Waals surface area (Å²) in [7, 11) is 0. The summed E-state index contributed by atoms with van der Waals surface area (Å²) in [6.07, 6.45) is 2.86. The van der Waals surface area contributed by atoms with E-state index in [1.54, 1.807) is 0 Å². The lowest BCUT2D eigenvalue weighted by atomic mass is 9.82. The summed E-state index contributed by atoms with van der Waals surface area (Å²) < 4.78 is 5.55. The minimum Gasteiger partial charge on any atom is -0.426 e. The molecule has 0 aliphatic carbocycles. The predicted molar refractivity (Wildman–Crippen MR) is 83.5 cm³/mol. The Hall–Kier alpha value is -2.35. The molecule has 0 spiro atoms. The van der Waals surface area contributed by atoms with Gasteiger partial charge in [0.2, 0.25) is 0 Å². The molecule has 0 N–H and O–H groups in total. The van der Waals surface area contributed by atoms with Gasteiger partial charge in [-0.2, -0.15) is 0 Å². The van der Waals surface area contributed by atoms with E-state index in [1.807, 2.05) is 55.5 Å². The zero-order valence-corrected chi connectivity index (χ0v) is 12.0. The standard InChI is InChI=1S/C19H18O2/c1-2-16-17(14-9-5-3-6-10-14)13-18(21-19(16)20)15-11-7-4-8-12-15/h3-13,16-17H,2H2,1H3/t16-,17-/m1/s1. The van der Waals surface area contributed by atoms with E-state index < -0.39 is 0 Å².